The van der Waals surface area contributed by atoms with Gasteiger partial charge in [0.05, 0.1) is 18.8 Å². The van der Waals surface area contributed by atoms with Crippen molar-refractivity contribution in [2.75, 3.05) is 20.8 Å². The second-order valence-corrected chi connectivity index (χ2v) is 5.55. The molecule has 0 aromatic heterocycles. The molecule has 2 aromatic rings. The summed E-state index contributed by atoms with van der Waals surface area (Å²) in [6, 6.07) is 15.1. The minimum absolute atomic E-state index is 0.177. The highest BCUT2D eigenvalue weighted by Crippen LogP contribution is 2.23. The summed E-state index contributed by atoms with van der Waals surface area (Å²) in [7, 11) is 3.20. The van der Waals surface area contributed by atoms with Crippen molar-refractivity contribution in [2.24, 2.45) is 0 Å². The molecule has 0 aliphatic rings. The zero-order chi connectivity index (χ0) is 15.9. The van der Waals surface area contributed by atoms with E-state index in [4.69, 9.17) is 9.47 Å². The van der Waals surface area contributed by atoms with Crippen molar-refractivity contribution in [1.29, 1.82) is 0 Å². The Balaban J connectivity index is 2.06. The average Bonchev–Trinajstić information content (AvgIpc) is 2.56. The van der Waals surface area contributed by atoms with E-state index in [-0.39, 0.29) is 12.0 Å². The summed E-state index contributed by atoms with van der Waals surface area (Å²) in [6.45, 7) is 0.392. The van der Waals surface area contributed by atoms with Crippen LogP contribution in [0.3, 0.4) is 0 Å². The van der Waals surface area contributed by atoms with Gasteiger partial charge in [0.25, 0.3) is 5.91 Å². The Labute approximate surface area is 138 Å². The maximum absolute atomic E-state index is 12.3. The molecule has 5 heteroatoms. The lowest BCUT2D eigenvalue weighted by molar-refractivity contribution is 0.0827. The summed E-state index contributed by atoms with van der Waals surface area (Å²) < 4.78 is 11.3. The molecule has 0 heterocycles. The zero-order valence-corrected chi connectivity index (χ0v) is 14.1. The van der Waals surface area contributed by atoms with Gasteiger partial charge < -0.3 is 14.8 Å². The number of hydrogen-bond acceptors (Lipinski definition) is 3. The molecule has 2 aromatic carbocycles. The third-order valence-electron chi connectivity index (χ3n) is 3.32. The molecule has 1 amide bonds. The molecule has 1 atom stereocenters. The molecule has 0 radical (unpaired) electrons. The molecule has 1 unspecified atom stereocenters. The Morgan fingerprint density at radius 3 is 2.55 bits per heavy atom. The number of ether oxygens (including phenoxy) is 2. The number of hydrogen-bond donors (Lipinski definition) is 1. The number of nitrogens with one attached hydrogen (secondary N) is 1. The van der Waals surface area contributed by atoms with Gasteiger partial charge in [-0.15, -0.1) is 0 Å². The Bertz CT molecular complexity index is 631. The highest BCUT2D eigenvalue weighted by molar-refractivity contribution is 9.10. The third-order valence-corrected chi connectivity index (χ3v) is 4.01. The van der Waals surface area contributed by atoms with Crippen LogP contribution in [0.5, 0.6) is 5.75 Å². The van der Waals surface area contributed by atoms with Crippen LogP contribution in [0.2, 0.25) is 0 Å². The highest BCUT2D eigenvalue weighted by Gasteiger charge is 2.15. The topological polar surface area (TPSA) is 47.6 Å². The number of amides is 1. The van der Waals surface area contributed by atoms with Crippen molar-refractivity contribution in [1.82, 2.24) is 5.32 Å². The second-order valence-electron chi connectivity index (χ2n) is 4.69. The van der Waals surface area contributed by atoms with Gasteiger partial charge in [0.2, 0.25) is 0 Å². The largest absolute Gasteiger partial charge is 0.497 e. The molecule has 0 spiro atoms. The molecular formula is C17H18BrNO3. The molecule has 0 aliphatic heterocycles. The number of halogens is 1. The van der Waals surface area contributed by atoms with Gasteiger partial charge >= 0.3 is 0 Å². The second kappa shape index (κ2) is 7.96. The van der Waals surface area contributed by atoms with E-state index in [1.165, 1.54) is 0 Å². The monoisotopic (exact) mass is 363 g/mol. The van der Waals surface area contributed by atoms with E-state index in [1.54, 1.807) is 32.4 Å². The van der Waals surface area contributed by atoms with Gasteiger partial charge in [0, 0.05) is 18.1 Å². The predicted octanol–water partition coefficient (Wildman–Crippen LogP) is 3.58. The summed E-state index contributed by atoms with van der Waals surface area (Å²) >= 11 is 3.38. The van der Waals surface area contributed by atoms with Crippen LogP contribution in [0.1, 0.15) is 22.0 Å². The van der Waals surface area contributed by atoms with Gasteiger partial charge in [-0.05, 0) is 39.7 Å². The van der Waals surface area contributed by atoms with Crippen molar-refractivity contribution in [2.45, 2.75) is 6.10 Å². The van der Waals surface area contributed by atoms with Gasteiger partial charge in [0.15, 0.2) is 0 Å². The number of rotatable bonds is 6. The Morgan fingerprint density at radius 2 is 1.91 bits per heavy atom. The molecule has 0 fully saturated rings. The first-order chi connectivity index (χ1) is 10.7. The van der Waals surface area contributed by atoms with Crippen molar-refractivity contribution in [3.63, 3.8) is 0 Å². The van der Waals surface area contributed by atoms with Gasteiger partial charge in [0.1, 0.15) is 5.75 Å². The Hall–Kier alpha value is -1.85. The smallest absolute Gasteiger partial charge is 0.252 e. The predicted molar refractivity (Wildman–Crippen MR) is 89.2 cm³/mol. The lowest BCUT2D eigenvalue weighted by atomic mass is 10.1. The van der Waals surface area contributed by atoms with Crippen LogP contribution < -0.4 is 10.1 Å². The van der Waals surface area contributed by atoms with E-state index in [9.17, 15) is 4.79 Å². The van der Waals surface area contributed by atoms with Crippen molar-refractivity contribution >= 4 is 21.8 Å². The van der Waals surface area contributed by atoms with Gasteiger partial charge in [-0.2, -0.15) is 0 Å². The Morgan fingerprint density at radius 1 is 1.18 bits per heavy atom. The molecule has 0 bridgehead atoms. The van der Waals surface area contributed by atoms with Crippen LogP contribution in [-0.2, 0) is 4.74 Å². The highest BCUT2D eigenvalue weighted by atomic mass is 79.9. The zero-order valence-electron chi connectivity index (χ0n) is 12.5. The van der Waals surface area contributed by atoms with Gasteiger partial charge in [-0.3, -0.25) is 4.79 Å². The van der Waals surface area contributed by atoms with Gasteiger partial charge in [-0.25, -0.2) is 0 Å². The van der Waals surface area contributed by atoms with E-state index >= 15 is 0 Å². The van der Waals surface area contributed by atoms with E-state index in [0.717, 1.165) is 10.0 Å². The van der Waals surface area contributed by atoms with E-state index < -0.39 is 0 Å². The van der Waals surface area contributed by atoms with E-state index in [0.29, 0.717) is 17.9 Å². The van der Waals surface area contributed by atoms with Crippen LogP contribution in [0, 0.1) is 0 Å². The molecule has 2 rings (SSSR count). The molecule has 0 saturated carbocycles. The number of benzene rings is 2. The fourth-order valence-electron chi connectivity index (χ4n) is 2.09. The lowest BCUT2D eigenvalue weighted by Gasteiger charge is -2.17. The van der Waals surface area contributed by atoms with E-state index in [2.05, 4.69) is 21.2 Å². The van der Waals surface area contributed by atoms with Crippen LogP contribution in [-0.4, -0.2) is 26.7 Å². The summed E-state index contributed by atoms with van der Waals surface area (Å²) in [5.41, 5.74) is 1.55. The number of carbonyl (C=O) groups is 1. The fourth-order valence-corrected chi connectivity index (χ4v) is 2.52. The molecule has 0 aliphatic carbocycles. The van der Waals surface area contributed by atoms with Gasteiger partial charge in [-0.1, -0.05) is 30.3 Å². The first kappa shape index (κ1) is 16.5. The minimum atomic E-state index is -0.186. The van der Waals surface area contributed by atoms with Crippen molar-refractivity contribution in [3.05, 3.63) is 64.1 Å². The summed E-state index contributed by atoms with van der Waals surface area (Å²) in [5.74, 6) is 0.462. The maximum Gasteiger partial charge on any atom is 0.252 e. The maximum atomic E-state index is 12.3. The van der Waals surface area contributed by atoms with Crippen LogP contribution in [0.15, 0.2) is 53.0 Å². The number of carbonyl (C=O) groups excluding carboxylic acids is 1. The van der Waals surface area contributed by atoms with Crippen molar-refractivity contribution < 1.29 is 14.3 Å². The first-order valence-electron chi connectivity index (χ1n) is 6.85. The molecule has 0 saturated heterocycles. The Kier molecular flexibility index (Phi) is 5.98. The lowest BCUT2D eigenvalue weighted by Crippen LogP contribution is -2.29. The van der Waals surface area contributed by atoms with Crippen LogP contribution >= 0.6 is 15.9 Å². The normalized spacial score (nSPS) is 11.8. The minimum Gasteiger partial charge on any atom is -0.497 e. The summed E-state index contributed by atoms with van der Waals surface area (Å²) in [4.78, 5) is 12.3. The van der Waals surface area contributed by atoms with Crippen LogP contribution in [0.4, 0.5) is 0 Å². The molecule has 1 N–H and O–H groups in total. The molecule has 116 valence electrons. The third kappa shape index (κ3) is 4.08. The average molecular weight is 364 g/mol. The standard InChI is InChI=1S/C17H18BrNO3/c1-21-13-8-9-15(18)14(10-13)17(20)19-11-16(22-2)12-6-4-3-5-7-12/h3-10,16H,11H2,1-2H3,(H,19,20). The summed E-state index contributed by atoms with van der Waals surface area (Å²) in [6.07, 6.45) is -0.186. The quantitative estimate of drug-likeness (QED) is 0.853. The summed E-state index contributed by atoms with van der Waals surface area (Å²) in [5, 5.41) is 2.89. The molecular weight excluding hydrogens is 346 g/mol. The van der Waals surface area contributed by atoms with E-state index in [1.807, 2.05) is 30.3 Å². The molecule has 22 heavy (non-hydrogen) atoms. The fraction of sp³-hybridized carbons (Fsp3) is 0.235. The number of methoxy groups -OCH3 is 2. The SMILES string of the molecule is COc1ccc(Br)c(C(=O)NCC(OC)c2ccccc2)c1. The first-order valence-corrected chi connectivity index (χ1v) is 7.64. The molecule has 4 nitrogen and oxygen atoms in total. The van der Waals surface area contributed by atoms with Crippen molar-refractivity contribution in [3.8, 4) is 5.75 Å². The van der Waals surface area contributed by atoms with Crippen LogP contribution in [0.25, 0.3) is 0 Å².